The van der Waals surface area contributed by atoms with E-state index >= 15 is 0 Å². The summed E-state index contributed by atoms with van der Waals surface area (Å²) < 4.78 is 0. The van der Waals surface area contributed by atoms with Gasteiger partial charge < -0.3 is 5.32 Å². The highest BCUT2D eigenvalue weighted by atomic mass is 35.5. The van der Waals surface area contributed by atoms with Gasteiger partial charge in [0.25, 0.3) is 0 Å². The number of amides is 1. The normalized spacial score (nSPS) is 15.7. The quantitative estimate of drug-likeness (QED) is 0.697. The van der Waals surface area contributed by atoms with E-state index in [0.717, 1.165) is 38.3 Å². The zero-order valence-corrected chi connectivity index (χ0v) is 17.5. The summed E-state index contributed by atoms with van der Waals surface area (Å²) in [5, 5.41) is 4.97. The Kier molecular flexibility index (Phi) is 7.26. The number of benzene rings is 2. The Morgan fingerprint density at radius 2 is 1.48 bits per heavy atom. The molecule has 0 atom stereocenters. The van der Waals surface area contributed by atoms with Crippen LogP contribution < -0.4 is 5.32 Å². The molecule has 1 aliphatic heterocycles. The molecule has 1 N–H and O–H groups in total. The van der Waals surface area contributed by atoms with Crippen LogP contribution in [-0.4, -0.2) is 48.4 Å². The SMILES string of the molecule is O=C(CN1CCN(Cc2ccc(Cl)c(Cl)c2)CC1)Nc1cc(Cl)cc(Cl)c1. The molecule has 1 saturated heterocycles. The van der Waals surface area contributed by atoms with Gasteiger partial charge in [-0.05, 0) is 35.9 Å². The van der Waals surface area contributed by atoms with Crippen molar-refractivity contribution < 1.29 is 4.79 Å². The first-order chi connectivity index (χ1) is 12.9. The van der Waals surface area contributed by atoms with Gasteiger partial charge in [0, 0.05) is 48.5 Å². The Balaban J connectivity index is 1.46. The van der Waals surface area contributed by atoms with Gasteiger partial charge in [-0.2, -0.15) is 0 Å². The van der Waals surface area contributed by atoms with Gasteiger partial charge in [0.2, 0.25) is 5.91 Å². The van der Waals surface area contributed by atoms with E-state index in [0.29, 0.717) is 32.3 Å². The van der Waals surface area contributed by atoms with E-state index in [1.165, 1.54) is 0 Å². The highest BCUT2D eigenvalue weighted by Gasteiger charge is 2.19. The molecule has 1 amide bonds. The van der Waals surface area contributed by atoms with Crippen LogP contribution in [0.1, 0.15) is 5.56 Å². The van der Waals surface area contributed by atoms with E-state index in [4.69, 9.17) is 46.4 Å². The number of hydrogen-bond acceptors (Lipinski definition) is 3. The van der Waals surface area contributed by atoms with Crippen molar-refractivity contribution in [3.8, 4) is 0 Å². The van der Waals surface area contributed by atoms with Crippen molar-refractivity contribution in [1.29, 1.82) is 0 Å². The van der Waals surface area contributed by atoms with Crippen molar-refractivity contribution in [2.24, 2.45) is 0 Å². The number of piperazine rings is 1. The van der Waals surface area contributed by atoms with Gasteiger partial charge in [-0.1, -0.05) is 52.5 Å². The fourth-order valence-corrected chi connectivity index (χ4v) is 3.88. The first-order valence-electron chi connectivity index (χ1n) is 8.53. The zero-order chi connectivity index (χ0) is 19.4. The third-order valence-electron chi connectivity index (χ3n) is 4.37. The second-order valence-electron chi connectivity index (χ2n) is 6.51. The minimum atomic E-state index is -0.0775. The van der Waals surface area contributed by atoms with Crippen LogP contribution >= 0.6 is 46.4 Å². The van der Waals surface area contributed by atoms with Gasteiger partial charge in [0.1, 0.15) is 0 Å². The summed E-state index contributed by atoms with van der Waals surface area (Å²) in [5.41, 5.74) is 1.74. The highest BCUT2D eigenvalue weighted by Crippen LogP contribution is 2.24. The maximum absolute atomic E-state index is 12.3. The minimum absolute atomic E-state index is 0.0775. The zero-order valence-electron chi connectivity index (χ0n) is 14.5. The van der Waals surface area contributed by atoms with E-state index < -0.39 is 0 Å². The summed E-state index contributed by atoms with van der Waals surface area (Å²) in [6.45, 7) is 4.58. The molecule has 3 rings (SSSR count). The lowest BCUT2D eigenvalue weighted by Gasteiger charge is -2.34. The van der Waals surface area contributed by atoms with E-state index in [2.05, 4.69) is 15.1 Å². The second kappa shape index (κ2) is 9.46. The monoisotopic (exact) mass is 445 g/mol. The Morgan fingerprint density at radius 1 is 0.852 bits per heavy atom. The standard InChI is InChI=1S/C19H19Cl4N3O/c20-14-8-15(21)10-16(9-14)24-19(27)12-26-5-3-25(4-6-26)11-13-1-2-17(22)18(23)7-13/h1-2,7-10H,3-6,11-12H2,(H,24,27). The third kappa shape index (κ3) is 6.24. The highest BCUT2D eigenvalue weighted by molar-refractivity contribution is 6.42. The molecule has 0 bridgehead atoms. The number of carbonyl (C=O) groups is 1. The number of rotatable bonds is 5. The maximum atomic E-state index is 12.3. The van der Waals surface area contributed by atoms with Crippen LogP contribution in [0, 0.1) is 0 Å². The van der Waals surface area contributed by atoms with Crippen molar-refractivity contribution in [2.45, 2.75) is 6.54 Å². The number of halogens is 4. The topological polar surface area (TPSA) is 35.6 Å². The van der Waals surface area contributed by atoms with Gasteiger partial charge in [-0.25, -0.2) is 0 Å². The maximum Gasteiger partial charge on any atom is 0.238 e. The number of anilines is 1. The van der Waals surface area contributed by atoms with Gasteiger partial charge in [-0.15, -0.1) is 0 Å². The molecule has 0 spiro atoms. The van der Waals surface area contributed by atoms with Crippen molar-refractivity contribution in [3.63, 3.8) is 0 Å². The van der Waals surface area contributed by atoms with E-state index in [9.17, 15) is 4.79 Å². The van der Waals surface area contributed by atoms with Crippen molar-refractivity contribution in [2.75, 3.05) is 38.0 Å². The van der Waals surface area contributed by atoms with Gasteiger partial charge in [0.05, 0.1) is 16.6 Å². The molecule has 0 aliphatic carbocycles. The molecule has 1 fully saturated rings. The number of carbonyl (C=O) groups excluding carboxylic acids is 1. The molecule has 1 aliphatic rings. The predicted octanol–water partition coefficient (Wildman–Crippen LogP) is 5.06. The van der Waals surface area contributed by atoms with Crippen molar-refractivity contribution in [3.05, 3.63) is 62.1 Å². The lowest BCUT2D eigenvalue weighted by atomic mass is 10.2. The second-order valence-corrected chi connectivity index (χ2v) is 8.19. The average Bonchev–Trinajstić information content (AvgIpc) is 2.59. The summed E-state index contributed by atoms with van der Waals surface area (Å²) >= 11 is 24.0. The smallest absolute Gasteiger partial charge is 0.238 e. The third-order valence-corrected chi connectivity index (χ3v) is 5.54. The molecule has 2 aromatic carbocycles. The number of nitrogens with zero attached hydrogens (tertiary/aromatic N) is 2. The van der Waals surface area contributed by atoms with Gasteiger partial charge >= 0.3 is 0 Å². The molecule has 0 saturated carbocycles. The molecule has 8 heteroatoms. The van der Waals surface area contributed by atoms with Crippen LogP contribution in [0.4, 0.5) is 5.69 Å². The largest absolute Gasteiger partial charge is 0.325 e. The van der Waals surface area contributed by atoms with E-state index in [1.807, 2.05) is 18.2 Å². The Labute approximate surface area is 178 Å². The fourth-order valence-electron chi connectivity index (χ4n) is 3.03. The van der Waals surface area contributed by atoms with Crippen LogP contribution in [0.25, 0.3) is 0 Å². The minimum Gasteiger partial charge on any atom is -0.325 e. The molecule has 144 valence electrons. The van der Waals surface area contributed by atoms with Crippen LogP contribution in [0.3, 0.4) is 0 Å². The number of hydrogen-bond donors (Lipinski definition) is 1. The Bertz CT molecular complexity index is 802. The predicted molar refractivity (Wildman–Crippen MR) is 113 cm³/mol. The van der Waals surface area contributed by atoms with Crippen LogP contribution in [0.15, 0.2) is 36.4 Å². The summed E-state index contributed by atoms with van der Waals surface area (Å²) in [6, 6.07) is 10.7. The summed E-state index contributed by atoms with van der Waals surface area (Å²) in [5.74, 6) is -0.0775. The average molecular weight is 447 g/mol. The molecular formula is C19H19Cl4N3O. The molecule has 27 heavy (non-hydrogen) atoms. The lowest BCUT2D eigenvalue weighted by molar-refractivity contribution is -0.117. The van der Waals surface area contributed by atoms with E-state index in [-0.39, 0.29) is 5.91 Å². The summed E-state index contributed by atoms with van der Waals surface area (Å²) in [6.07, 6.45) is 0. The van der Waals surface area contributed by atoms with Crippen molar-refractivity contribution >= 4 is 58.0 Å². The van der Waals surface area contributed by atoms with Gasteiger partial charge in [0.15, 0.2) is 0 Å². The molecule has 4 nitrogen and oxygen atoms in total. The Hall–Kier alpha value is -1.01. The molecule has 1 heterocycles. The molecule has 2 aromatic rings. The molecule has 0 unspecified atom stereocenters. The molecular weight excluding hydrogens is 428 g/mol. The first-order valence-corrected chi connectivity index (χ1v) is 10.0. The summed E-state index contributed by atoms with van der Waals surface area (Å²) in [4.78, 5) is 16.7. The van der Waals surface area contributed by atoms with Crippen LogP contribution in [0.2, 0.25) is 20.1 Å². The van der Waals surface area contributed by atoms with Crippen LogP contribution in [-0.2, 0) is 11.3 Å². The fraction of sp³-hybridized carbons (Fsp3) is 0.316. The first kappa shape index (κ1) is 20.7. The molecule has 0 aromatic heterocycles. The molecule has 0 radical (unpaired) electrons. The Morgan fingerprint density at radius 3 is 2.11 bits per heavy atom. The van der Waals surface area contributed by atoms with Crippen LogP contribution in [0.5, 0.6) is 0 Å². The van der Waals surface area contributed by atoms with Crippen molar-refractivity contribution in [1.82, 2.24) is 9.80 Å². The van der Waals surface area contributed by atoms with E-state index in [1.54, 1.807) is 18.2 Å². The van der Waals surface area contributed by atoms with Gasteiger partial charge in [-0.3, -0.25) is 14.6 Å². The lowest BCUT2D eigenvalue weighted by Crippen LogP contribution is -2.48. The summed E-state index contributed by atoms with van der Waals surface area (Å²) in [7, 11) is 0. The number of nitrogens with one attached hydrogen (secondary N) is 1.